The molecule has 2 amide bonds. The lowest BCUT2D eigenvalue weighted by Crippen LogP contribution is -2.52. The van der Waals surface area contributed by atoms with Crippen molar-refractivity contribution in [2.24, 2.45) is 11.0 Å². The molecule has 3 rings (SSSR count). The molecule has 1 aliphatic carbocycles. The Morgan fingerprint density at radius 3 is 2.29 bits per heavy atom. The van der Waals surface area contributed by atoms with Crippen LogP contribution in [0.5, 0.6) is 0 Å². The molecule has 8 heteroatoms. The third kappa shape index (κ3) is 4.47. The van der Waals surface area contributed by atoms with E-state index in [1.54, 1.807) is 26.2 Å². The molecule has 28 heavy (non-hydrogen) atoms. The van der Waals surface area contributed by atoms with Crippen molar-refractivity contribution in [1.29, 1.82) is 0 Å². The molecule has 152 valence electrons. The molecule has 7 nitrogen and oxygen atoms in total. The minimum Gasteiger partial charge on any atom is -0.359 e. The summed E-state index contributed by atoms with van der Waals surface area (Å²) in [6.07, 6.45) is 5.63. The van der Waals surface area contributed by atoms with Crippen molar-refractivity contribution < 1.29 is 9.59 Å². The zero-order valence-electron chi connectivity index (χ0n) is 16.4. The van der Waals surface area contributed by atoms with Gasteiger partial charge in [0.25, 0.3) is 0 Å². The summed E-state index contributed by atoms with van der Waals surface area (Å²) in [5, 5.41) is 10.6. The van der Waals surface area contributed by atoms with Gasteiger partial charge >= 0.3 is 0 Å². The lowest BCUT2D eigenvalue weighted by atomic mass is 9.92. The van der Waals surface area contributed by atoms with Gasteiger partial charge in [-0.05, 0) is 37.1 Å². The summed E-state index contributed by atoms with van der Waals surface area (Å²) in [7, 11) is 3.21. The maximum Gasteiger partial charge on any atom is 0.238 e. The number of rotatable bonds is 5. The molecule has 3 N–H and O–H groups in total. The molecular weight excluding hydrogens is 378 g/mol. The molecule has 2 atom stereocenters. The number of hydrogen-bond donors (Lipinski definition) is 3. The van der Waals surface area contributed by atoms with Crippen molar-refractivity contribution in [3.8, 4) is 0 Å². The summed E-state index contributed by atoms with van der Waals surface area (Å²) >= 11 is 5.93. The molecule has 0 aromatic heterocycles. The highest BCUT2D eigenvalue weighted by Gasteiger charge is 2.49. The second-order valence-corrected chi connectivity index (χ2v) is 7.77. The van der Waals surface area contributed by atoms with Crippen molar-refractivity contribution in [3.05, 3.63) is 29.3 Å². The first-order valence-electron chi connectivity index (χ1n) is 9.82. The summed E-state index contributed by atoms with van der Waals surface area (Å²) in [4.78, 5) is 27.6. The number of amides is 2. The third-order valence-corrected chi connectivity index (χ3v) is 5.89. The van der Waals surface area contributed by atoms with E-state index in [0.29, 0.717) is 23.3 Å². The molecule has 1 saturated heterocycles. The Hall–Kier alpha value is -2.12. The van der Waals surface area contributed by atoms with E-state index in [-0.39, 0.29) is 11.8 Å². The summed E-state index contributed by atoms with van der Waals surface area (Å²) < 4.78 is 0. The maximum absolute atomic E-state index is 12.7. The van der Waals surface area contributed by atoms with Crippen LogP contribution in [0, 0.1) is 5.92 Å². The number of likely N-dealkylation sites (N-methyl/N-ethyl adjacent to an activating group) is 1. The maximum atomic E-state index is 12.7. The Morgan fingerprint density at radius 1 is 1.04 bits per heavy atom. The van der Waals surface area contributed by atoms with Gasteiger partial charge in [-0.25, -0.2) is 0 Å². The molecule has 2 fully saturated rings. The number of carbonyl (C=O) groups is 2. The standard InChI is InChI=1S/C20H28ClN5O2/c1-22-19(27)17-16(25-24-14-10-8-13(21)9-11-14)12-26(18(17)20(28)23-2)15-6-4-3-5-7-15/h8-11,15,17-18,24H,3-7,12H2,1-2H3,(H,22,27)(H,23,28)/b25-16-/t17-,18+/m1/s1. The third-order valence-electron chi connectivity index (χ3n) is 5.64. The number of hydrazone groups is 1. The molecule has 1 saturated carbocycles. The number of nitrogens with one attached hydrogen (secondary N) is 3. The summed E-state index contributed by atoms with van der Waals surface area (Å²) in [6, 6.07) is 6.95. The predicted octanol–water partition coefficient (Wildman–Crippen LogP) is 2.23. The zero-order valence-corrected chi connectivity index (χ0v) is 17.1. The van der Waals surface area contributed by atoms with Gasteiger partial charge < -0.3 is 10.6 Å². The van der Waals surface area contributed by atoms with Crippen molar-refractivity contribution in [1.82, 2.24) is 15.5 Å². The van der Waals surface area contributed by atoms with Gasteiger partial charge in [0.05, 0.1) is 11.4 Å². The average molecular weight is 406 g/mol. The van der Waals surface area contributed by atoms with E-state index in [4.69, 9.17) is 11.6 Å². The molecule has 0 spiro atoms. The number of halogens is 1. The Balaban J connectivity index is 1.90. The number of anilines is 1. The minimum atomic E-state index is -0.619. The van der Waals surface area contributed by atoms with Crippen molar-refractivity contribution in [2.45, 2.75) is 44.2 Å². The normalized spacial score (nSPS) is 24.9. The SMILES string of the molecule is CNC(=O)[C@@H]1/C(=N\Nc2ccc(Cl)cc2)CN(C2CCCCC2)[C@@H]1C(=O)NC. The van der Waals surface area contributed by atoms with Crippen LogP contribution in [0.2, 0.25) is 5.02 Å². The number of benzene rings is 1. The van der Waals surface area contributed by atoms with Crippen LogP contribution in [0.3, 0.4) is 0 Å². The lowest BCUT2D eigenvalue weighted by molar-refractivity contribution is -0.133. The first-order chi connectivity index (χ1) is 13.5. The van der Waals surface area contributed by atoms with Crippen LogP contribution in [-0.4, -0.2) is 55.1 Å². The summed E-state index contributed by atoms with van der Waals surface area (Å²) in [6.45, 7) is 0.501. The van der Waals surface area contributed by atoms with Crippen molar-refractivity contribution in [3.63, 3.8) is 0 Å². The fourth-order valence-electron chi connectivity index (χ4n) is 4.19. The molecule has 0 bridgehead atoms. The minimum absolute atomic E-state index is 0.143. The lowest BCUT2D eigenvalue weighted by Gasteiger charge is -2.35. The summed E-state index contributed by atoms with van der Waals surface area (Å²) in [5.74, 6) is -0.953. The Labute approximate surface area is 170 Å². The molecule has 1 aromatic rings. The molecule has 1 aromatic carbocycles. The second-order valence-electron chi connectivity index (χ2n) is 7.34. The van der Waals surface area contributed by atoms with E-state index in [1.165, 1.54) is 6.42 Å². The van der Waals surface area contributed by atoms with Crippen LogP contribution in [0.4, 0.5) is 5.69 Å². The van der Waals surface area contributed by atoms with Crippen molar-refractivity contribution >= 4 is 34.8 Å². The Morgan fingerprint density at radius 2 is 1.68 bits per heavy atom. The van der Waals surface area contributed by atoms with E-state index in [0.717, 1.165) is 31.4 Å². The quantitative estimate of drug-likeness (QED) is 0.656. The van der Waals surface area contributed by atoms with Gasteiger partial charge in [-0.3, -0.25) is 19.9 Å². The van der Waals surface area contributed by atoms with Crippen LogP contribution < -0.4 is 16.1 Å². The number of likely N-dealkylation sites (tertiary alicyclic amines) is 1. The van der Waals surface area contributed by atoms with Crippen LogP contribution in [0.25, 0.3) is 0 Å². The highest BCUT2D eigenvalue weighted by molar-refractivity contribution is 6.30. The smallest absolute Gasteiger partial charge is 0.238 e. The van der Waals surface area contributed by atoms with Gasteiger partial charge in [-0.2, -0.15) is 5.10 Å². The first kappa shape index (κ1) is 20.6. The van der Waals surface area contributed by atoms with E-state index >= 15 is 0 Å². The number of carbonyl (C=O) groups excluding carboxylic acids is 2. The highest BCUT2D eigenvalue weighted by Crippen LogP contribution is 2.32. The molecule has 0 unspecified atom stereocenters. The Bertz CT molecular complexity index is 731. The van der Waals surface area contributed by atoms with Crippen LogP contribution >= 0.6 is 11.6 Å². The number of hydrogen-bond acceptors (Lipinski definition) is 5. The summed E-state index contributed by atoms with van der Waals surface area (Å²) in [5.41, 5.74) is 4.47. The largest absolute Gasteiger partial charge is 0.359 e. The predicted molar refractivity (Wildman–Crippen MR) is 112 cm³/mol. The van der Waals surface area contributed by atoms with Gasteiger partial charge in [-0.1, -0.05) is 30.9 Å². The monoisotopic (exact) mass is 405 g/mol. The molecule has 0 radical (unpaired) electrons. The average Bonchev–Trinajstić information content (AvgIpc) is 3.12. The fourth-order valence-corrected chi connectivity index (χ4v) is 4.32. The zero-order chi connectivity index (χ0) is 20.1. The van der Waals surface area contributed by atoms with Gasteiger partial charge in [0.2, 0.25) is 11.8 Å². The van der Waals surface area contributed by atoms with E-state index in [9.17, 15) is 9.59 Å². The van der Waals surface area contributed by atoms with Gasteiger partial charge in [0.15, 0.2) is 0 Å². The molecular formula is C20H28ClN5O2. The Kier molecular flexibility index (Phi) is 6.91. The van der Waals surface area contributed by atoms with E-state index in [1.807, 2.05) is 12.1 Å². The molecule has 2 aliphatic rings. The van der Waals surface area contributed by atoms with Crippen LogP contribution in [0.1, 0.15) is 32.1 Å². The van der Waals surface area contributed by atoms with Crippen LogP contribution in [0.15, 0.2) is 29.4 Å². The number of nitrogens with zero attached hydrogens (tertiary/aromatic N) is 2. The molecule has 1 heterocycles. The van der Waals surface area contributed by atoms with Crippen molar-refractivity contribution in [2.75, 3.05) is 26.1 Å². The van der Waals surface area contributed by atoms with E-state index in [2.05, 4.69) is 26.1 Å². The second kappa shape index (κ2) is 9.39. The highest BCUT2D eigenvalue weighted by atomic mass is 35.5. The van der Waals surface area contributed by atoms with Gasteiger partial charge in [0, 0.05) is 31.7 Å². The van der Waals surface area contributed by atoms with Crippen LogP contribution in [-0.2, 0) is 9.59 Å². The van der Waals surface area contributed by atoms with Gasteiger partial charge in [0.1, 0.15) is 12.0 Å². The first-order valence-corrected chi connectivity index (χ1v) is 10.2. The van der Waals surface area contributed by atoms with Gasteiger partial charge in [-0.15, -0.1) is 0 Å². The molecule has 1 aliphatic heterocycles. The van der Waals surface area contributed by atoms with E-state index < -0.39 is 12.0 Å². The fraction of sp³-hybridized carbons (Fsp3) is 0.550. The topological polar surface area (TPSA) is 85.8 Å².